The van der Waals surface area contributed by atoms with E-state index >= 15 is 0 Å². The summed E-state index contributed by atoms with van der Waals surface area (Å²) in [4.78, 5) is 35.7. The second-order valence-electron chi connectivity index (χ2n) is 7.69. The topological polar surface area (TPSA) is 87.7 Å². The maximum Gasteiger partial charge on any atom is 0.177 e. The molecule has 1 aliphatic rings. The molecule has 150 valence electrons. The van der Waals surface area contributed by atoms with Gasteiger partial charge >= 0.3 is 0 Å². The summed E-state index contributed by atoms with van der Waals surface area (Å²) >= 11 is 0. The van der Waals surface area contributed by atoms with Crippen molar-refractivity contribution in [1.82, 2.24) is 24.9 Å². The zero-order valence-corrected chi connectivity index (χ0v) is 16.8. The first kappa shape index (κ1) is 17.7. The highest BCUT2D eigenvalue weighted by Crippen LogP contribution is 2.36. The third kappa shape index (κ3) is 2.85. The molecule has 0 fully saturated rings. The Hall–Kier alpha value is -4.13. The van der Waals surface area contributed by atoms with Gasteiger partial charge in [0, 0.05) is 35.7 Å². The lowest BCUT2D eigenvalue weighted by Gasteiger charge is -2.30. The summed E-state index contributed by atoms with van der Waals surface area (Å²) in [6.07, 6.45) is 3.88. The first-order valence-electron chi connectivity index (χ1n) is 10.1. The Morgan fingerprint density at radius 1 is 1.00 bits per heavy atom. The number of fused-ring (bicyclic) bond motifs is 3. The molecule has 0 aliphatic carbocycles. The smallest absolute Gasteiger partial charge is 0.177 e. The van der Waals surface area contributed by atoms with Gasteiger partial charge < -0.3 is 9.88 Å². The van der Waals surface area contributed by atoms with Crippen molar-refractivity contribution >= 4 is 39.4 Å². The number of anilines is 2. The predicted octanol–water partition coefficient (Wildman–Crippen LogP) is 4.60. The third-order valence-electron chi connectivity index (χ3n) is 5.72. The summed E-state index contributed by atoms with van der Waals surface area (Å²) < 4.78 is 0. The molecule has 0 saturated carbocycles. The first-order valence-corrected chi connectivity index (χ1v) is 10.1. The van der Waals surface area contributed by atoms with E-state index in [1.807, 2.05) is 49.5 Å². The van der Waals surface area contributed by atoms with Gasteiger partial charge in [0.1, 0.15) is 18.0 Å². The van der Waals surface area contributed by atoms with Crippen LogP contribution < -0.4 is 4.90 Å². The Morgan fingerprint density at radius 2 is 1.90 bits per heavy atom. The van der Waals surface area contributed by atoms with Crippen LogP contribution in [-0.2, 0) is 0 Å². The maximum atomic E-state index is 12.4. The number of benzene rings is 2. The predicted molar refractivity (Wildman–Crippen MR) is 120 cm³/mol. The van der Waals surface area contributed by atoms with E-state index in [2.05, 4.69) is 42.0 Å². The Bertz CT molecular complexity index is 1490. The van der Waals surface area contributed by atoms with Gasteiger partial charge in [0.15, 0.2) is 11.4 Å². The molecule has 7 heteroatoms. The van der Waals surface area contributed by atoms with Crippen molar-refractivity contribution in [3.63, 3.8) is 0 Å². The van der Waals surface area contributed by atoms with E-state index in [1.54, 1.807) is 6.33 Å². The molecule has 0 atom stereocenters. The summed E-state index contributed by atoms with van der Waals surface area (Å²) in [5.41, 5.74) is 6.10. The highest BCUT2D eigenvalue weighted by atomic mass is 16.1. The lowest BCUT2D eigenvalue weighted by atomic mass is 9.99. The highest BCUT2D eigenvalue weighted by molar-refractivity contribution is 6.06. The molecular weight excluding hydrogens is 388 g/mol. The number of H-pyrrole nitrogens is 1. The van der Waals surface area contributed by atoms with Gasteiger partial charge in [-0.05, 0) is 42.8 Å². The van der Waals surface area contributed by atoms with E-state index in [1.165, 1.54) is 0 Å². The molecule has 7 nitrogen and oxygen atoms in total. The second kappa shape index (κ2) is 6.70. The fraction of sp³-hybridized carbons (Fsp3) is 0.125. The molecule has 2 aromatic carbocycles. The molecule has 1 aliphatic heterocycles. The van der Waals surface area contributed by atoms with Crippen LogP contribution in [0, 0.1) is 6.92 Å². The van der Waals surface area contributed by atoms with Gasteiger partial charge in [-0.15, -0.1) is 0 Å². The molecular formula is C24H18N6O. The standard InChI is InChI=1S/C24H18N6O/c1-14-28-20-11-16(12-25-23(20)29-14)15-6-7-19-18(10-15)24(27-13-26-19)30-9-8-22(31)17-4-2-3-5-21(17)30/h2-7,10-13H,8-9H2,1H3,(H,25,28,29). The van der Waals surface area contributed by atoms with Crippen LogP contribution in [0.25, 0.3) is 33.2 Å². The van der Waals surface area contributed by atoms with Gasteiger partial charge in [-0.25, -0.2) is 19.9 Å². The lowest BCUT2D eigenvalue weighted by Crippen LogP contribution is -2.28. The van der Waals surface area contributed by atoms with Crippen LogP contribution in [0.15, 0.2) is 61.1 Å². The molecule has 1 N–H and O–H groups in total. The number of nitrogens with zero attached hydrogens (tertiary/aromatic N) is 5. The number of pyridine rings is 1. The van der Waals surface area contributed by atoms with E-state index in [-0.39, 0.29) is 5.78 Å². The van der Waals surface area contributed by atoms with Gasteiger partial charge in [0.05, 0.1) is 16.7 Å². The Labute approximate surface area is 177 Å². The van der Waals surface area contributed by atoms with Crippen molar-refractivity contribution in [3.8, 4) is 11.1 Å². The lowest BCUT2D eigenvalue weighted by molar-refractivity contribution is 0.0981. The molecule has 0 spiro atoms. The van der Waals surface area contributed by atoms with Crippen molar-refractivity contribution in [2.24, 2.45) is 0 Å². The zero-order chi connectivity index (χ0) is 20.9. The van der Waals surface area contributed by atoms with Crippen molar-refractivity contribution in [3.05, 3.63) is 72.4 Å². The number of carbonyl (C=O) groups excluding carboxylic acids is 1. The van der Waals surface area contributed by atoms with E-state index in [4.69, 9.17) is 0 Å². The number of hydrogen-bond acceptors (Lipinski definition) is 6. The molecule has 4 heterocycles. The quantitative estimate of drug-likeness (QED) is 0.461. The van der Waals surface area contributed by atoms with Crippen molar-refractivity contribution in [2.45, 2.75) is 13.3 Å². The minimum absolute atomic E-state index is 0.167. The summed E-state index contributed by atoms with van der Waals surface area (Å²) in [5, 5.41) is 0.935. The van der Waals surface area contributed by atoms with Gasteiger partial charge in [-0.2, -0.15) is 0 Å². The van der Waals surface area contributed by atoms with Crippen molar-refractivity contribution < 1.29 is 4.79 Å². The van der Waals surface area contributed by atoms with Crippen LogP contribution >= 0.6 is 0 Å². The molecule has 0 unspecified atom stereocenters. The number of nitrogens with one attached hydrogen (secondary N) is 1. The van der Waals surface area contributed by atoms with Gasteiger partial charge in [-0.3, -0.25) is 4.79 Å². The Morgan fingerprint density at radius 3 is 2.84 bits per heavy atom. The average molecular weight is 406 g/mol. The zero-order valence-electron chi connectivity index (χ0n) is 16.8. The van der Waals surface area contributed by atoms with Crippen LogP contribution in [0.2, 0.25) is 0 Å². The van der Waals surface area contributed by atoms with E-state index < -0.39 is 0 Å². The minimum Gasteiger partial charge on any atom is -0.341 e. The number of carbonyl (C=O) groups is 1. The Balaban J connectivity index is 1.52. The molecule has 6 rings (SSSR count). The number of aromatic amines is 1. The summed E-state index contributed by atoms with van der Waals surface area (Å²) in [7, 11) is 0. The van der Waals surface area contributed by atoms with Crippen molar-refractivity contribution in [2.75, 3.05) is 11.4 Å². The largest absolute Gasteiger partial charge is 0.341 e. The van der Waals surface area contributed by atoms with E-state index in [9.17, 15) is 4.79 Å². The fourth-order valence-corrected chi connectivity index (χ4v) is 4.25. The first-order chi connectivity index (χ1) is 15.2. The number of hydrogen-bond donors (Lipinski definition) is 1. The van der Waals surface area contributed by atoms with E-state index in [0.717, 1.165) is 50.4 Å². The van der Waals surface area contributed by atoms with Crippen LogP contribution in [-0.4, -0.2) is 37.2 Å². The third-order valence-corrected chi connectivity index (χ3v) is 5.72. The van der Waals surface area contributed by atoms with Gasteiger partial charge in [0.25, 0.3) is 0 Å². The number of para-hydroxylation sites is 1. The van der Waals surface area contributed by atoms with Crippen LogP contribution in [0.1, 0.15) is 22.6 Å². The monoisotopic (exact) mass is 406 g/mol. The number of rotatable bonds is 2. The van der Waals surface area contributed by atoms with Crippen LogP contribution in [0.3, 0.4) is 0 Å². The van der Waals surface area contributed by atoms with Crippen molar-refractivity contribution in [1.29, 1.82) is 0 Å². The number of aryl methyl sites for hydroxylation is 1. The fourth-order valence-electron chi connectivity index (χ4n) is 4.25. The van der Waals surface area contributed by atoms with Gasteiger partial charge in [0.2, 0.25) is 0 Å². The normalized spacial score (nSPS) is 13.7. The summed E-state index contributed by atoms with van der Waals surface area (Å²) in [6.45, 7) is 2.51. The minimum atomic E-state index is 0.167. The van der Waals surface area contributed by atoms with Crippen LogP contribution in [0.4, 0.5) is 11.5 Å². The highest BCUT2D eigenvalue weighted by Gasteiger charge is 2.25. The number of Topliss-reactive ketones (excluding diaryl/α,β-unsaturated/α-hetero) is 1. The van der Waals surface area contributed by atoms with Gasteiger partial charge in [-0.1, -0.05) is 18.2 Å². The summed E-state index contributed by atoms with van der Waals surface area (Å²) in [5.74, 6) is 1.81. The molecule has 0 amide bonds. The molecule has 31 heavy (non-hydrogen) atoms. The molecule has 5 aromatic rings. The number of ketones is 1. The van der Waals surface area contributed by atoms with Crippen LogP contribution in [0.5, 0.6) is 0 Å². The van der Waals surface area contributed by atoms with E-state index in [0.29, 0.717) is 18.6 Å². The Kier molecular flexibility index (Phi) is 3.83. The number of aromatic nitrogens is 5. The molecule has 0 saturated heterocycles. The second-order valence-corrected chi connectivity index (χ2v) is 7.69. The summed E-state index contributed by atoms with van der Waals surface area (Å²) in [6, 6.07) is 15.9. The maximum absolute atomic E-state index is 12.4. The molecule has 0 radical (unpaired) electrons. The SMILES string of the molecule is Cc1nc2ncc(-c3ccc4ncnc(N5CCC(=O)c6ccccc65)c4c3)cc2[nH]1. The molecule has 0 bridgehead atoms. The number of imidazole rings is 1. The average Bonchev–Trinajstić information content (AvgIpc) is 3.18. The molecule has 3 aromatic heterocycles.